The van der Waals surface area contributed by atoms with Crippen LogP contribution >= 0.6 is 0 Å². The average molecular weight is 329 g/mol. The van der Waals surface area contributed by atoms with Crippen molar-refractivity contribution >= 4 is 11.7 Å². The van der Waals surface area contributed by atoms with Gasteiger partial charge < -0.3 is 15.7 Å². The fourth-order valence-electron chi connectivity index (χ4n) is 2.81. The number of amides is 2. The standard InChI is InChI=1S/C17H23N5O2/c1-12-19-13(2)22(21-12)10-14-5-3-6-15(9-14)20-16(23)18-11-17(24)7-4-8-17/h3,5-6,9,24H,4,7-8,10-11H2,1-2H3,(H2,18,20,23). The van der Waals surface area contributed by atoms with Crippen molar-refractivity contribution in [1.82, 2.24) is 20.1 Å². The third-order valence-electron chi connectivity index (χ3n) is 4.34. The molecule has 1 aliphatic rings. The van der Waals surface area contributed by atoms with Gasteiger partial charge in [-0.25, -0.2) is 14.5 Å². The molecule has 3 rings (SSSR count). The van der Waals surface area contributed by atoms with E-state index >= 15 is 0 Å². The highest BCUT2D eigenvalue weighted by molar-refractivity contribution is 5.89. The van der Waals surface area contributed by atoms with E-state index in [-0.39, 0.29) is 12.6 Å². The molecule has 1 fully saturated rings. The van der Waals surface area contributed by atoms with E-state index in [0.717, 1.165) is 36.5 Å². The van der Waals surface area contributed by atoms with E-state index in [9.17, 15) is 9.90 Å². The Morgan fingerprint density at radius 2 is 2.17 bits per heavy atom. The van der Waals surface area contributed by atoms with E-state index < -0.39 is 5.60 Å². The summed E-state index contributed by atoms with van der Waals surface area (Å²) >= 11 is 0. The van der Waals surface area contributed by atoms with Gasteiger partial charge in [-0.05, 0) is 50.8 Å². The van der Waals surface area contributed by atoms with Crippen molar-refractivity contribution in [2.75, 3.05) is 11.9 Å². The molecule has 2 aromatic rings. The molecule has 0 aliphatic heterocycles. The number of carbonyl (C=O) groups is 1. The zero-order chi connectivity index (χ0) is 17.2. The predicted molar refractivity (Wildman–Crippen MR) is 90.9 cm³/mol. The van der Waals surface area contributed by atoms with Crippen LogP contribution in [0.3, 0.4) is 0 Å². The number of aryl methyl sites for hydroxylation is 2. The van der Waals surface area contributed by atoms with Crippen molar-refractivity contribution in [3.8, 4) is 0 Å². The SMILES string of the molecule is Cc1nc(C)n(Cc2cccc(NC(=O)NCC3(O)CCC3)c2)n1. The van der Waals surface area contributed by atoms with Gasteiger partial charge in [0.05, 0.1) is 12.1 Å². The topological polar surface area (TPSA) is 92.1 Å². The Bertz CT molecular complexity index is 736. The fraction of sp³-hybridized carbons (Fsp3) is 0.471. The average Bonchev–Trinajstić information content (AvgIpc) is 2.81. The molecule has 0 atom stereocenters. The Labute approximate surface area is 141 Å². The molecule has 1 aromatic carbocycles. The van der Waals surface area contributed by atoms with Crippen LogP contribution in [0.15, 0.2) is 24.3 Å². The fourth-order valence-corrected chi connectivity index (χ4v) is 2.81. The summed E-state index contributed by atoms with van der Waals surface area (Å²) in [5.74, 6) is 1.60. The zero-order valence-corrected chi connectivity index (χ0v) is 14.0. The van der Waals surface area contributed by atoms with Gasteiger partial charge in [-0.3, -0.25) is 0 Å². The van der Waals surface area contributed by atoms with Gasteiger partial charge in [-0.2, -0.15) is 5.10 Å². The molecule has 2 amide bonds. The third kappa shape index (κ3) is 3.91. The number of carbonyl (C=O) groups excluding carboxylic acids is 1. The van der Waals surface area contributed by atoms with Crippen molar-refractivity contribution in [3.63, 3.8) is 0 Å². The Morgan fingerprint density at radius 3 is 2.79 bits per heavy atom. The highest BCUT2D eigenvalue weighted by Gasteiger charge is 2.34. The molecular weight excluding hydrogens is 306 g/mol. The lowest BCUT2D eigenvalue weighted by Gasteiger charge is -2.36. The van der Waals surface area contributed by atoms with Crippen LogP contribution in [0.2, 0.25) is 0 Å². The Kier molecular flexibility index (Phi) is 4.53. The minimum Gasteiger partial charge on any atom is -0.388 e. The molecule has 0 bridgehead atoms. The minimum absolute atomic E-state index is 0.288. The lowest BCUT2D eigenvalue weighted by molar-refractivity contribution is -0.0287. The number of nitrogens with one attached hydrogen (secondary N) is 2. The summed E-state index contributed by atoms with van der Waals surface area (Å²) in [6.07, 6.45) is 2.52. The number of rotatable bonds is 5. The van der Waals surface area contributed by atoms with Gasteiger partial charge in [0.25, 0.3) is 0 Å². The summed E-state index contributed by atoms with van der Waals surface area (Å²) in [4.78, 5) is 16.3. The summed E-state index contributed by atoms with van der Waals surface area (Å²) in [5, 5.41) is 19.9. The molecule has 0 saturated heterocycles. The van der Waals surface area contributed by atoms with E-state index in [0.29, 0.717) is 12.2 Å². The van der Waals surface area contributed by atoms with Gasteiger partial charge in [0.15, 0.2) is 0 Å². The summed E-state index contributed by atoms with van der Waals surface area (Å²) in [6.45, 7) is 4.67. The second-order valence-electron chi connectivity index (χ2n) is 6.45. The highest BCUT2D eigenvalue weighted by atomic mass is 16.3. The number of hydrogen-bond donors (Lipinski definition) is 3. The smallest absolute Gasteiger partial charge is 0.319 e. The van der Waals surface area contributed by atoms with Crippen LogP contribution < -0.4 is 10.6 Å². The van der Waals surface area contributed by atoms with Gasteiger partial charge in [0.2, 0.25) is 0 Å². The van der Waals surface area contributed by atoms with Crippen molar-refractivity contribution in [1.29, 1.82) is 0 Å². The van der Waals surface area contributed by atoms with E-state index in [1.54, 1.807) is 0 Å². The molecule has 0 spiro atoms. The largest absolute Gasteiger partial charge is 0.388 e. The molecule has 7 heteroatoms. The molecule has 0 unspecified atom stereocenters. The van der Waals surface area contributed by atoms with Crippen LogP contribution in [0.4, 0.5) is 10.5 Å². The first-order valence-electron chi connectivity index (χ1n) is 8.18. The van der Waals surface area contributed by atoms with Gasteiger partial charge in [0.1, 0.15) is 11.6 Å². The normalized spacial score (nSPS) is 15.6. The maximum atomic E-state index is 12.0. The van der Waals surface area contributed by atoms with Crippen molar-refractivity contribution in [2.45, 2.75) is 45.3 Å². The summed E-state index contributed by atoms with van der Waals surface area (Å²) in [7, 11) is 0. The Morgan fingerprint density at radius 1 is 1.38 bits per heavy atom. The van der Waals surface area contributed by atoms with Gasteiger partial charge >= 0.3 is 6.03 Å². The van der Waals surface area contributed by atoms with Crippen LogP contribution in [-0.2, 0) is 6.54 Å². The quantitative estimate of drug-likeness (QED) is 0.782. The van der Waals surface area contributed by atoms with E-state index in [2.05, 4.69) is 20.7 Å². The highest BCUT2D eigenvalue weighted by Crippen LogP contribution is 2.30. The summed E-state index contributed by atoms with van der Waals surface area (Å²) < 4.78 is 1.83. The number of hydrogen-bond acceptors (Lipinski definition) is 4. The number of aromatic nitrogens is 3. The predicted octanol–water partition coefficient (Wildman–Crippen LogP) is 1.98. The number of aliphatic hydroxyl groups is 1. The Balaban J connectivity index is 1.58. The number of benzene rings is 1. The van der Waals surface area contributed by atoms with Crippen molar-refractivity contribution < 1.29 is 9.90 Å². The molecule has 1 heterocycles. The second-order valence-corrected chi connectivity index (χ2v) is 6.45. The second kappa shape index (κ2) is 6.60. The first kappa shape index (κ1) is 16.4. The maximum Gasteiger partial charge on any atom is 0.319 e. The molecule has 1 aromatic heterocycles. The van der Waals surface area contributed by atoms with Gasteiger partial charge in [-0.15, -0.1) is 0 Å². The van der Waals surface area contributed by atoms with Gasteiger partial charge in [-0.1, -0.05) is 12.1 Å². The van der Waals surface area contributed by atoms with E-state index in [1.165, 1.54) is 0 Å². The number of nitrogens with zero attached hydrogens (tertiary/aromatic N) is 3. The van der Waals surface area contributed by atoms with E-state index in [4.69, 9.17) is 0 Å². The third-order valence-corrected chi connectivity index (χ3v) is 4.34. The summed E-state index contributed by atoms with van der Waals surface area (Å²) in [5.41, 5.74) is 1.01. The van der Waals surface area contributed by atoms with Crippen LogP contribution in [-0.4, -0.2) is 38.0 Å². The molecular formula is C17H23N5O2. The molecule has 24 heavy (non-hydrogen) atoms. The molecule has 3 N–H and O–H groups in total. The van der Waals surface area contributed by atoms with Crippen LogP contribution in [0.5, 0.6) is 0 Å². The summed E-state index contributed by atoms with van der Waals surface area (Å²) in [6, 6.07) is 7.31. The first-order valence-corrected chi connectivity index (χ1v) is 8.18. The van der Waals surface area contributed by atoms with E-state index in [1.807, 2.05) is 42.8 Å². The van der Waals surface area contributed by atoms with Crippen LogP contribution in [0.25, 0.3) is 0 Å². The monoisotopic (exact) mass is 329 g/mol. The van der Waals surface area contributed by atoms with Crippen LogP contribution in [0, 0.1) is 13.8 Å². The molecule has 128 valence electrons. The Hall–Kier alpha value is -2.41. The van der Waals surface area contributed by atoms with Gasteiger partial charge in [0, 0.05) is 12.2 Å². The van der Waals surface area contributed by atoms with Crippen molar-refractivity contribution in [2.24, 2.45) is 0 Å². The molecule has 0 radical (unpaired) electrons. The number of anilines is 1. The van der Waals surface area contributed by atoms with Crippen LogP contribution in [0.1, 0.15) is 36.5 Å². The lowest BCUT2D eigenvalue weighted by Crippen LogP contribution is -2.48. The minimum atomic E-state index is -0.721. The zero-order valence-electron chi connectivity index (χ0n) is 14.0. The maximum absolute atomic E-state index is 12.0. The van der Waals surface area contributed by atoms with Crippen molar-refractivity contribution in [3.05, 3.63) is 41.5 Å². The number of urea groups is 1. The molecule has 7 nitrogen and oxygen atoms in total. The first-order chi connectivity index (χ1) is 11.4. The lowest BCUT2D eigenvalue weighted by atomic mass is 9.80. The molecule has 1 saturated carbocycles. The molecule has 1 aliphatic carbocycles.